The number of methoxy groups -OCH3 is 3. The van der Waals surface area contributed by atoms with E-state index in [-0.39, 0.29) is 52.9 Å². The van der Waals surface area contributed by atoms with Crippen LogP contribution in [0.5, 0.6) is 23.0 Å². The van der Waals surface area contributed by atoms with E-state index < -0.39 is 40.7 Å². The Labute approximate surface area is 253 Å². The number of hydrogen-bond acceptors (Lipinski definition) is 10. The van der Waals surface area contributed by atoms with E-state index in [0.29, 0.717) is 17.0 Å². The van der Waals surface area contributed by atoms with Crippen LogP contribution in [0.3, 0.4) is 0 Å². The molecule has 3 unspecified atom stereocenters. The molecule has 2 aromatic carbocycles. The third-order valence-electron chi connectivity index (χ3n) is 7.85. The van der Waals surface area contributed by atoms with Crippen LogP contribution >= 0.6 is 11.6 Å². The van der Waals surface area contributed by atoms with Crippen LogP contribution in [0, 0.1) is 5.92 Å². The van der Waals surface area contributed by atoms with Crippen LogP contribution in [-0.2, 0) is 20.9 Å². The number of ketones is 2. The highest BCUT2D eigenvalue weighted by Crippen LogP contribution is 2.56. The van der Waals surface area contributed by atoms with Crippen LogP contribution in [0.15, 0.2) is 66.1 Å². The molecule has 0 radical (unpaired) electrons. The first kappa shape index (κ1) is 29.9. The minimum Gasteiger partial charge on any atom is -0.507 e. The van der Waals surface area contributed by atoms with Crippen LogP contribution in [0.25, 0.3) is 0 Å². The van der Waals surface area contributed by atoms with Gasteiger partial charge in [0.2, 0.25) is 11.4 Å². The van der Waals surface area contributed by atoms with Crippen LogP contribution in [0.1, 0.15) is 47.3 Å². The number of aliphatic hydroxyl groups excluding tert-OH is 1. The summed E-state index contributed by atoms with van der Waals surface area (Å²) >= 11 is 6.56. The zero-order chi connectivity index (χ0) is 30.9. The summed E-state index contributed by atoms with van der Waals surface area (Å²) in [7, 11) is 4.01. The molecule has 43 heavy (non-hydrogen) atoms. The maximum absolute atomic E-state index is 14.2. The molecule has 5 rings (SSSR count). The number of allylic oxidation sites excluding steroid dienone is 1. The van der Waals surface area contributed by atoms with Gasteiger partial charge < -0.3 is 28.8 Å². The third kappa shape index (κ3) is 5.05. The molecule has 1 N–H and O–H groups in total. The summed E-state index contributed by atoms with van der Waals surface area (Å²) in [6, 6.07) is 13.7. The van der Waals surface area contributed by atoms with E-state index in [0.717, 1.165) is 0 Å². The summed E-state index contributed by atoms with van der Waals surface area (Å²) in [6.45, 7) is 1.74. The minimum atomic E-state index is -2.01. The summed E-state index contributed by atoms with van der Waals surface area (Å²) in [5.41, 5.74) is -1.05. The number of Topliss-reactive ketones (excluding diaryl/α,β-unsaturated/α-hetero) is 2. The van der Waals surface area contributed by atoms with Gasteiger partial charge in [0.15, 0.2) is 17.3 Å². The number of carbonyl (C=O) groups is 3. The Morgan fingerprint density at radius 2 is 1.81 bits per heavy atom. The summed E-state index contributed by atoms with van der Waals surface area (Å²) < 4.78 is 28.1. The predicted molar refractivity (Wildman–Crippen MR) is 155 cm³/mol. The number of hydrogen-bond donors (Lipinski definition) is 1. The molecule has 1 aliphatic heterocycles. The number of para-hydroxylation sites is 1. The lowest BCUT2D eigenvalue weighted by atomic mass is 9.69. The van der Waals surface area contributed by atoms with E-state index in [1.54, 1.807) is 49.5 Å². The molecule has 1 spiro atoms. The number of nitrogens with zero attached hydrogens (tertiary/aromatic N) is 1. The van der Waals surface area contributed by atoms with E-state index in [4.69, 9.17) is 35.3 Å². The first-order valence-corrected chi connectivity index (χ1v) is 13.9. The van der Waals surface area contributed by atoms with E-state index >= 15 is 0 Å². The number of halogens is 1. The summed E-state index contributed by atoms with van der Waals surface area (Å²) in [4.78, 5) is 45.0. The van der Waals surface area contributed by atoms with Crippen molar-refractivity contribution in [3.63, 3.8) is 0 Å². The lowest BCUT2D eigenvalue weighted by Gasteiger charge is -2.38. The van der Waals surface area contributed by atoms with Gasteiger partial charge in [-0.3, -0.25) is 19.4 Å². The lowest BCUT2D eigenvalue weighted by Crippen LogP contribution is -2.53. The first-order chi connectivity index (χ1) is 20.7. The molecule has 224 valence electrons. The molecular weight excluding hydrogens is 578 g/mol. The molecule has 0 saturated carbocycles. The molecule has 0 amide bonds. The van der Waals surface area contributed by atoms with Crippen molar-refractivity contribution in [2.24, 2.45) is 5.92 Å². The van der Waals surface area contributed by atoms with Crippen molar-refractivity contribution in [1.29, 1.82) is 0 Å². The van der Waals surface area contributed by atoms with Gasteiger partial charge in [0.1, 0.15) is 34.4 Å². The zero-order valence-corrected chi connectivity index (χ0v) is 24.8. The Hall–Kier alpha value is -4.57. The van der Waals surface area contributed by atoms with Crippen molar-refractivity contribution in [3.8, 4) is 23.0 Å². The average molecular weight is 608 g/mol. The second-order valence-electron chi connectivity index (χ2n) is 10.2. The predicted octanol–water partition coefficient (Wildman–Crippen LogP) is 5.41. The van der Waals surface area contributed by atoms with Crippen LogP contribution in [0.2, 0.25) is 5.02 Å². The maximum atomic E-state index is 14.2. The Balaban J connectivity index is 1.66. The molecule has 11 heteroatoms. The molecule has 3 aromatic rings. The fourth-order valence-corrected chi connectivity index (χ4v) is 5.96. The van der Waals surface area contributed by atoms with Gasteiger partial charge >= 0.3 is 5.97 Å². The number of pyridine rings is 1. The van der Waals surface area contributed by atoms with E-state index in [2.05, 4.69) is 4.98 Å². The summed E-state index contributed by atoms with van der Waals surface area (Å²) in [6.07, 6.45) is 1.15. The van der Waals surface area contributed by atoms with Gasteiger partial charge in [-0.15, -0.1) is 0 Å². The normalized spacial score (nSPS) is 20.0. The van der Waals surface area contributed by atoms with Crippen LogP contribution in [0.4, 0.5) is 0 Å². The number of ether oxygens (including phenoxy) is 5. The van der Waals surface area contributed by atoms with Crippen molar-refractivity contribution in [3.05, 3.63) is 87.9 Å². The fourth-order valence-electron chi connectivity index (χ4n) is 5.69. The lowest BCUT2D eigenvalue weighted by molar-refractivity contribution is -0.140. The molecule has 2 aliphatic rings. The number of benzene rings is 2. The highest BCUT2D eigenvalue weighted by molar-refractivity contribution is 6.35. The maximum Gasteiger partial charge on any atom is 0.306 e. The van der Waals surface area contributed by atoms with Gasteiger partial charge in [-0.25, -0.2) is 0 Å². The number of carbonyl (C=O) groups excluding carboxylic acids is 3. The molecule has 1 aliphatic carbocycles. The van der Waals surface area contributed by atoms with Crippen LogP contribution in [-0.4, -0.2) is 54.6 Å². The molecule has 1 aromatic heterocycles. The van der Waals surface area contributed by atoms with Gasteiger partial charge in [-0.05, 0) is 18.2 Å². The first-order valence-electron chi connectivity index (χ1n) is 13.5. The Morgan fingerprint density at radius 3 is 2.49 bits per heavy atom. The number of aromatic nitrogens is 1. The quantitative estimate of drug-likeness (QED) is 0.315. The number of rotatable bonds is 9. The van der Waals surface area contributed by atoms with Gasteiger partial charge in [-0.1, -0.05) is 42.8 Å². The van der Waals surface area contributed by atoms with Gasteiger partial charge in [0.05, 0.1) is 33.4 Å². The Morgan fingerprint density at radius 1 is 1.09 bits per heavy atom. The number of aliphatic hydroxyl groups is 1. The van der Waals surface area contributed by atoms with Gasteiger partial charge in [-0.2, -0.15) is 0 Å². The topological polar surface area (TPSA) is 130 Å². The minimum absolute atomic E-state index is 0.0151. The van der Waals surface area contributed by atoms with Crippen molar-refractivity contribution < 1.29 is 43.2 Å². The van der Waals surface area contributed by atoms with Crippen molar-refractivity contribution in [2.45, 2.75) is 37.9 Å². The van der Waals surface area contributed by atoms with Crippen LogP contribution < -0.4 is 18.9 Å². The van der Waals surface area contributed by atoms with Crippen molar-refractivity contribution in [2.75, 3.05) is 21.3 Å². The highest BCUT2D eigenvalue weighted by atomic mass is 35.5. The second-order valence-corrected chi connectivity index (χ2v) is 10.6. The second kappa shape index (κ2) is 12.0. The average Bonchev–Trinajstić information content (AvgIpc) is 3.34. The molecule has 0 fully saturated rings. The monoisotopic (exact) mass is 607 g/mol. The van der Waals surface area contributed by atoms with E-state index in [1.165, 1.54) is 27.4 Å². The summed E-state index contributed by atoms with van der Waals surface area (Å²) in [5.74, 6) is -3.50. The van der Waals surface area contributed by atoms with Gasteiger partial charge in [0.25, 0.3) is 0 Å². The van der Waals surface area contributed by atoms with Crippen molar-refractivity contribution in [1.82, 2.24) is 4.98 Å². The number of esters is 1. The molecular formula is C32H30ClNO9. The SMILES string of the molecule is COC(=O)CC(C1=C(O)C2(Oc3c(Cl)c(OC)cc(OC)c3C2=O)C(C)CC1=O)c1ccccc1OCc1ccccn1. The van der Waals surface area contributed by atoms with E-state index in [1.807, 2.05) is 6.07 Å². The zero-order valence-electron chi connectivity index (χ0n) is 24.0. The molecule has 0 saturated heterocycles. The standard InChI is InChI=1S/C32H30ClNO9/c1-17-13-21(35)26(30(37)32(17)31(38)27-23(39-2)15-24(40-3)28(33)29(27)43-32)20(14-25(36)41-4)19-10-5-6-11-22(19)42-16-18-9-7-8-12-34-18/h5-12,15,17,20,37H,13-14,16H2,1-4H3. The Bertz CT molecular complexity index is 1620. The fraction of sp³-hybridized carbons (Fsp3) is 0.312. The van der Waals surface area contributed by atoms with E-state index in [9.17, 15) is 19.5 Å². The van der Waals surface area contributed by atoms with Crippen molar-refractivity contribution >= 4 is 29.1 Å². The molecule has 2 heterocycles. The Kier molecular flexibility index (Phi) is 8.32. The summed E-state index contributed by atoms with van der Waals surface area (Å²) in [5, 5.41) is 12.0. The largest absolute Gasteiger partial charge is 0.507 e. The molecule has 0 bridgehead atoms. The number of fused-ring (bicyclic) bond motifs is 1. The third-order valence-corrected chi connectivity index (χ3v) is 8.21. The molecule has 10 nitrogen and oxygen atoms in total. The highest BCUT2D eigenvalue weighted by Gasteiger charge is 2.61. The molecule has 3 atom stereocenters. The smallest absolute Gasteiger partial charge is 0.306 e. The van der Waals surface area contributed by atoms with Gasteiger partial charge in [0, 0.05) is 41.7 Å².